The van der Waals surface area contributed by atoms with E-state index >= 15 is 0 Å². The van der Waals surface area contributed by atoms with Crippen LogP contribution in [0.1, 0.15) is 12.8 Å². The number of methoxy groups -OCH3 is 3. The van der Waals surface area contributed by atoms with E-state index in [1.807, 2.05) is 45.7 Å². The number of aromatic nitrogens is 5. The van der Waals surface area contributed by atoms with Gasteiger partial charge in [0.15, 0.2) is 23.1 Å². The van der Waals surface area contributed by atoms with Crippen LogP contribution in [0.25, 0.3) is 11.2 Å². The number of nitrogens with one attached hydrogen (secondary N) is 1. The van der Waals surface area contributed by atoms with Gasteiger partial charge in [0, 0.05) is 31.4 Å². The normalized spacial score (nSPS) is 13.5. The number of benzene rings is 1. The molecule has 0 spiro atoms. The average molecular weight is 435 g/mol. The van der Waals surface area contributed by atoms with Gasteiger partial charge in [-0.3, -0.25) is 0 Å². The zero-order chi connectivity index (χ0) is 22.1. The van der Waals surface area contributed by atoms with Gasteiger partial charge in [0.05, 0.1) is 33.2 Å². The molecule has 0 amide bonds. The summed E-state index contributed by atoms with van der Waals surface area (Å²) < 4.78 is 20.0. The van der Waals surface area contributed by atoms with Crippen LogP contribution in [0.5, 0.6) is 17.2 Å². The van der Waals surface area contributed by atoms with E-state index in [-0.39, 0.29) is 0 Å². The molecule has 4 heterocycles. The Morgan fingerprint density at radius 2 is 1.75 bits per heavy atom. The Labute approximate surface area is 185 Å². The fraction of sp³-hybridized carbons (Fsp3) is 0.318. The van der Waals surface area contributed by atoms with Gasteiger partial charge in [-0.1, -0.05) is 0 Å². The highest BCUT2D eigenvalue weighted by molar-refractivity contribution is 5.71. The summed E-state index contributed by atoms with van der Waals surface area (Å²) in [6.45, 7) is 2.01. The second kappa shape index (κ2) is 8.29. The molecular weight excluding hydrogens is 410 g/mol. The van der Waals surface area contributed by atoms with E-state index < -0.39 is 0 Å². The molecule has 10 heteroatoms. The molecule has 0 aliphatic carbocycles. The molecule has 166 valence electrons. The van der Waals surface area contributed by atoms with Crippen LogP contribution in [0.15, 0.2) is 43.0 Å². The van der Waals surface area contributed by atoms with E-state index in [1.165, 1.54) is 12.8 Å². The molecule has 0 saturated carbocycles. The molecule has 3 aromatic heterocycles. The van der Waals surface area contributed by atoms with Crippen molar-refractivity contribution in [2.75, 3.05) is 44.6 Å². The van der Waals surface area contributed by atoms with Crippen molar-refractivity contribution in [2.24, 2.45) is 0 Å². The molecule has 0 bridgehead atoms. The summed E-state index contributed by atoms with van der Waals surface area (Å²) in [5.74, 6) is 3.74. The van der Waals surface area contributed by atoms with Crippen molar-refractivity contribution in [3.8, 4) is 22.9 Å². The van der Waals surface area contributed by atoms with Crippen LogP contribution in [-0.2, 0) is 0 Å². The van der Waals surface area contributed by atoms with Crippen LogP contribution in [0, 0.1) is 0 Å². The monoisotopic (exact) mass is 435 g/mol. The Hall–Kier alpha value is -3.95. The van der Waals surface area contributed by atoms with Gasteiger partial charge < -0.3 is 29.0 Å². The lowest BCUT2D eigenvalue weighted by Gasteiger charge is -2.18. The fourth-order valence-electron chi connectivity index (χ4n) is 3.99. The summed E-state index contributed by atoms with van der Waals surface area (Å²) in [4.78, 5) is 11.6. The largest absolute Gasteiger partial charge is 0.493 e. The summed E-state index contributed by atoms with van der Waals surface area (Å²) in [5.41, 5.74) is 1.82. The first-order chi connectivity index (χ1) is 15.7. The minimum atomic E-state index is 0.491. The molecule has 5 rings (SSSR count). The van der Waals surface area contributed by atoms with Crippen LogP contribution < -0.4 is 24.4 Å². The Balaban J connectivity index is 1.46. The molecule has 10 nitrogen and oxygen atoms in total. The number of fused-ring (bicyclic) bond motifs is 1. The maximum atomic E-state index is 5.46. The fourth-order valence-corrected chi connectivity index (χ4v) is 3.99. The highest BCUT2D eigenvalue weighted by atomic mass is 16.5. The number of anilines is 3. The van der Waals surface area contributed by atoms with Gasteiger partial charge in [-0.25, -0.2) is 9.50 Å². The highest BCUT2D eigenvalue weighted by Gasteiger charge is 2.19. The minimum absolute atomic E-state index is 0.491. The molecule has 32 heavy (non-hydrogen) atoms. The van der Waals surface area contributed by atoms with Gasteiger partial charge in [0.2, 0.25) is 11.7 Å². The second-order valence-corrected chi connectivity index (χ2v) is 7.47. The number of nitrogens with zero attached hydrogens (tertiary/aromatic N) is 6. The van der Waals surface area contributed by atoms with E-state index in [4.69, 9.17) is 19.2 Å². The van der Waals surface area contributed by atoms with E-state index in [1.54, 1.807) is 27.7 Å². The average Bonchev–Trinajstić information content (AvgIpc) is 3.59. The molecule has 0 unspecified atom stereocenters. The Morgan fingerprint density at radius 3 is 2.44 bits per heavy atom. The predicted octanol–water partition coefficient (Wildman–Crippen LogP) is 3.28. The highest BCUT2D eigenvalue weighted by Crippen LogP contribution is 2.39. The summed E-state index contributed by atoms with van der Waals surface area (Å²) in [6.07, 6.45) is 7.85. The third-order valence-corrected chi connectivity index (χ3v) is 5.55. The second-order valence-electron chi connectivity index (χ2n) is 7.47. The lowest BCUT2D eigenvalue weighted by molar-refractivity contribution is 0.324. The Bertz CT molecular complexity index is 1220. The van der Waals surface area contributed by atoms with E-state index in [0.29, 0.717) is 29.0 Å². The first kappa shape index (κ1) is 20.0. The Morgan fingerprint density at radius 1 is 1.00 bits per heavy atom. The third-order valence-electron chi connectivity index (χ3n) is 5.55. The van der Waals surface area contributed by atoms with Crippen molar-refractivity contribution in [1.82, 2.24) is 24.1 Å². The molecule has 1 aliphatic heterocycles. The SMILES string of the molecule is COc1cc(-n2cnc(Nc3nc(N4CCCC4)c4cccn4n3)c2)cc(OC)c1OC. The number of imidazole rings is 1. The predicted molar refractivity (Wildman–Crippen MR) is 121 cm³/mol. The maximum absolute atomic E-state index is 5.46. The van der Waals surface area contributed by atoms with Gasteiger partial charge in [-0.2, -0.15) is 4.98 Å². The molecule has 1 fully saturated rings. The van der Waals surface area contributed by atoms with Crippen LogP contribution >= 0.6 is 0 Å². The molecule has 4 aromatic rings. The van der Waals surface area contributed by atoms with Crippen LogP contribution in [-0.4, -0.2) is 58.6 Å². The van der Waals surface area contributed by atoms with E-state index in [0.717, 1.165) is 30.1 Å². The van der Waals surface area contributed by atoms with Crippen molar-refractivity contribution >= 4 is 23.1 Å². The molecule has 0 radical (unpaired) electrons. The van der Waals surface area contributed by atoms with Crippen LogP contribution in [0.3, 0.4) is 0 Å². The van der Waals surface area contributed by atoms with Gasteiger partial charge in [-0.05, 0) is 25.0 Å². The van der Waals surface area contributed by atoms with Gasteiger partial charge in [-0.15, -0.1) is 5.10 Å². The van der Waals surface area contributed by atoms with Crippen LogP contribution in [0.2, 0.25) is 0 Å². The molecule has 1 saturated heterocycles. The van der Waals surface area contributed by atoms with Crippen LogP contribution in [0.4, 0.5) is 17.6 Å². The van der Waals surface area contributed by atoms with Gasteiger partial charge in [0.25, 0.3) is 0 Å². The smallest absolute Gasteiger partial charge is 0.248 e. The van der Waals surface area contributed by atoms with Crippen molar-refractivity contribution < 1.29 is 14.2 Å². The summed E-state index contributed by atoms with van der Waals surface area (Å²) in [6, 6.07) is 7.74. The van der Waals surface area contributed by atoms with Crippen molar-refractivity contribution in [2.45, 2.75) is 12.8 Å². The van der Waals surface area contributed by atoms with Gasteiger partial charge in [0.1, 0.15) is 11.8 Å². The van der Waals surface area contributed by atoms with Gasteiger partial charge >= 0.3 is 0 Å². The van der Waals surface area contributed by atoms with Crippen molar-refractivity contribution in [3.63, 3.8) is 0 Å². The lowest BCUT2D eigenvalue weighted by Crippen LogP contribution is -2.21. The van der Waals surface area contributed by atoms with E-state index in [2.05, 4.69) is 20.3 Å². The zero-order valence-corrected chi connectivity index (χ0v) is 18.3. The third kappa shape index (κ3) is 3.53. The lowest BCUT2D eigenvalue weighted by atomic mass is 10.2. The standard InChI is InChI=1S/C22H25N7O3/c1-30-17-11-15(12-18(31-2)20(17)32-3)28-13-19(23-14-28)24-22-25-21(27-8-4-5-9-27)16-7-6-10-29(16)26-22/h6-7,10-14H,4-5,8-9H2,1-3H3,(H,24,26). The van der Waals surface area contributed by atoms with Crippen molar-refractivity contribution in [3.05, 3.63) is 43.0 Å². The molecule has 0 atom stereocenters. The first-order valence-electron chi connectivity index (χ1n) is 10.4. The summed E-state index contributed by atoms with van der Waals surface area (Å²) in [5, 5.41) is 7.81. The maximum Gasteiger partial charge on any atom is 0.248 e. The minimum Gasteiger partial charge on any atom is -0.493 e. The number of hydrogen-bond donors (Lipinski definition) is 1. The summed E-state index contributed by atoms with van der Waals surface area (Å²) >= 11 is 0. The molecule has 1 N–H and O–H groups in total. The first-order valence-corrected chi connectivity index (χ1v) is 10.4. The topological polar surface area (TPSA) is 91.0 Å². The number of rotatable bonds is 7. The quantitative estimate of drug-likeness (QED) is 0.473. The Kier molecular flexibility index (Phi) is 5.18. The van der Waals surface area contributed by atoms with Crippen molar-refractivity contribution in [1.29, 1.82) is 0 Å². The molecular formula is C22H25N7O3. The zero-order valence-electron chi connectivity index (χ0n) is 18.3. The summed E-state index contributed by atoms with van der Waals surface area (Å²) in [7, 11) is 4.76. The number of ether oxygens (including phenoxy) is 3. The van der Waals surface area contributed by atoms with E-state index in [9.17, 15) is 0 Å². The number of hydrogen-bond acceptors (Lipinski definition) is 8. The molecule has 1 aromatic carbocycles. The molecule has 1 aliphatic rings.